The van der Waals surface area contributed by atoms with Crippen LogP contribution < -0.4 is 5.32 Å². The third-order valence-corrected chi connectivity index (χ3v) is 2.75. The topological polar surface area (TPSA) is 90.7 Å². The Kier molecular flexibility index (Phi) is 4.30. The van der Waals surface area contributed by atoms with Gasteiger partial charge >= 0.3 is 6.09 Å². The van der Waals surface area contributed by atoms with Gasteiger partial charge in [-0.25, -0.2) is 4.79 Å². The van der Waals surface area contributed by atoms with Crippen LogP contribution in [0.5, 0.6) is 0 Å². The zero-order valence-corrected chi connectivity index (χ0v) is 10.2. The molecule has 1 fully saturated rings. The number of nitro groups is 1. The first-order valence-electron chi connectivity index (χ1n) is 5.95. The molecule has 1 amide bonds. The van der Waals surface area contributed by atoms with Crippen molar-refractivity contribution in [3.05, 3.63) is 34.4 Å². The lowest BCUT2D eigenvalue weighted by Gasteiger charge is -2.10. The Labute approximate surface area is 109 Å². The lowest BCUT2D eigenvalue weighted by atomic mass is 10.2. The fraction of sp³-hybridized carbons (Fsp3) is 0.417. The number of nitrogens with zero attached hydrogens (tertiary/aromatic N) is 1. The average molecular weight is 266 g/mol. The first-order valence-corrected chi connectivity index (χ1v) is 5.95. The Bertz CT molecular complexity index is 454. The Morgan fingerprint density at radius 2 is 2.21 bits per heavy atom. The van der Waals surface area contributed by atoms with E-state index in [0.717, 1.165) is 12.8 Å². The van der Waals surface area contributed by atoms with Gasteiger partial charge in [0, 0.05) is 24.4 Å². The molecule has 2 rings (SSSR count). The van der Waals surface area contributed by atoms with Crippen LogP contribution in [0, 0.1) is 10.1 Å². The molecule has 1 aromatic rings. The molecule has 1 aliphatic heterocycles. The molecule has 0 aliphatic carbocycles. The molecule has 1 saturated heterocycles. The van der Waals surface area contributed by atoms with E-state index in [-0.39, 0.29) is 18.4 Å². The Hall–Kier alpha value is -2.15. The van der Waals surface area contributed by atoms with E-state index in [2.05, 4.69) is 5.32 Å². The van der Waals surface area contributed by atoms with Gasteiger partial charge in [0.1, 0.15) is 6.61 Å². The molecule has 0 aromatic heterocycles. The number of rotatable bonds is 4. The first-order chi connectivity index (χ1) is 9.15. The highest BCUT2D eigenvalue weighted by molar-refractivity contribution is 5.84. The molecule has 1 heterocycles. The molecule has 1 atom stereocenters. The van der Waals surface area contributed by atoms with E-state index >= 15 is 0 Å². The monoisotopic (exact) mass is 266 g/mol. The molecule has 1 N–H and O–H groups in total. The van der Waals surface area contributed by atoms with E-state index in [1.807, 2.05) is 0 Å². The van der Waals surface area contributed by atoms with E-state index in [9.17, 15) is 14.9 Å². The van der Waals surface area contributed by atoms with Crippen molar-refractivity contribution < 1.29 is 19.2 Å². The summed E-state index contributed by atoms with van der Waals surface area (Å²) in [5, 5.41) is 13.0. The van der Waals surface area contributed by atoms with Crippen molar-refractivity contribution in [2.75, 3.05) is 18.5 Å². The number of benzene rings is 1. The van der Waals surface area contributed by atoms with Crippen molar-refractivity contribution >= 4 is 17.5 Å². The molecule has 0 radical (unpaired) electrons. The predicted octanol–water partition coefficient (Wildman–Crippen LogP) is 2.32. The van der Waals surface area contributed by atoms with Crippen LogP contribution in [0.3, 0.4) is 0 Å². The van der Waals surface area contributed by atoms with E-state index < -0.39 is 11.0 Å². The molecular weight excluding hydrogens is 252 g/mol. The Morgan fingerprint density at radius 1 is 1.47 bits per heavy atom. The smallest absolute Gasteiger partial charge is 0.411 e. The van der Waals surface area contributed by atoms with Gasteiger partial charge in [-0.3, -0.25) is 15.4 Å². The number of hydrogen-bond acceptors (Lipinski definition) is 5. The standard InChI is InChI=1S/C12H14N2O5/c15-12(19-8-11-2-1-7-18-11)13-9-3-5-10(6-4-9)14(16)17/h3-6,11H,1-2,7-8H2,(H,13,15)/t11-/m1/s1. The number of nitro benzene ring substituents is 1. The number of hydrogen-bond donors (Lipinski definition) is 1. The van der Waals surface area contributed by atoms with Crippen LogP contribution in [-0.4, -0.2) is 30.3 Å². The van der Waals surface area contributed by atoms with Crippen LogP contribution in [0.25, 0.3) is 0 Å². The second kappa shape index (κ2) is 6.14. The summed E-state index contributed by atoms with van der Waals surface area (Å²) < 4.78 is 10.3. The summed E-state index contributed by atoms with van der Waals surface area (Å²) in [4.78, 5) is 21.4. The number of nitrogens with one attached hydrogen (secondary N) is 1. The van der Waals surface area contributed by atoms with E-state index in [1.54, 1.807) is 0 Å². The summed E-state index contributed by atoms with van der Waals surface area (Å²) in [7, 11) is 0. The number of amides is 1. The highest BCUT2D eigenvalue weighted by Gasteiger charge is 2.17. The first kappa shape index (κ1) is 13.3. The molecule has 7 nitrogen and oxygen atoms in total. The van der Waals surface area contributed by atoms with Gasteiger partial charge in [0.05, 0.1) is 11.0 Å². The van der Waals surface area contributed by atoms with Crippen molar-refractivity contribution in [1.82, 2.24) is 0 Å². The minimum Gasteiger partial charge on any atom is -0.447 e. The fourth-order valence-electron chi connectivity index (χ4n) is 1.76. The van der Waals surface area contributed by atoms with Gasteiger partial charge < -0.3 is 9.47 Å². The maximum Gasteiger partial charge on any atom is 0.411 e. The van der Waals surface area contributed by atoms with Crippen molar-refractivity contribution in [3.8, 4) is 0 Å². The normalized spacial score (nSPS) is 18.0. The summed E-state index contributed by atoms with van der Waals surface area (Å²) in [6.07, 6.45) is 1.26. The summed E-state index contributed by atoms with van der Waals surface area (Å²) in [5.74, 6) is 0. The van der Waals surface area contributed by atoms with Crippen LogP contribution in [-0.2, 0) is 9.47 Å². The lowest BCUT2D eigenvalue weighted by Crippen LogP contribution is -2.21. The van der Waals surface area contributed by atoms with Crippen LogP contribution in [0.15, 0.2) is 24.3 Å². The fourth-order valence-corrected chi connectivity index (χ4v) is 1.76. The van der Waals surface area contributed by atoms with Crippen LogP contribution >= 0.6 is 0 Å². The molecule has 0 unspecified atom stereocenters. The molecule has 0 bridgehead atoms. The molecule has 0 spiro atoms. The molecule has 0 saturated carbocycles. The van der Waals surface area contributed by atoms with Crippen molar-refractivity contribution in [3.63, 3.8) is 0 Å². The Morgan fingerprint density at radius 3 is 2.79 bits per heavy atom. The van der Waals surface area contributed by atoms with Crippen molar-refractivity contribution in [1.29, 1.82) is 0 Å². The van der Waals surface area contributed by atoms with Gasteiger partial charge in [0.2, 0.25) is 0 Å². The zero-order valence-electron chi connectivity index (χ0n) is 10.2. The number of carbonyl (C=O) groups excluding carboxylic acids is 1. The minimum absolute atomic E-state index is 0.0254. The number of carbonyl (C=O) groups is 1. The largest absolute Gasteiger partial charge is 0.447 e. The minimum atomic E-state index is -0.593. The highest BCUT2D eigenvalue weighted by Crippen LogP contribution is 2.16. The predicted molar refractivity (Wildman–Crippen MR) is 67.0 cm³/mol. The van der Waals surface area contributed by atoms with Crippen LogP contribution in [0.4, 0.5) is 16.2 Å². The van der Waals surface area contributed by atoms with Gasteiger partial charge in [-0.05, 0) is 25.0 Å². The molecular formula is C12H14N2O5. The summed E-state index contributed by atoms with van der Waals surface area (Å²) in [6.45, 7) is 0.927. The van der Waals surface area contributed by atoms with Gasteiger partial charge in [-0.1, -0.05) is 0 Å². The van der Waals surface area contributed by atoms with Crippen molar-refractivity contribution in [2.24, 2.45) is 0 Å². The second-order valence-electron chi connectivity index (χ2n) is 4.16. The van der Waals surface area contributed by atoms with Crippen LogP contribution in [0.2, 0.25) is 0 Å². The number of non-ortho nitro benzene ring substituents is 1. The summed E-state index contributed by atoms with van der Waals surface area (Å²) >= 11 is 0. The summed E-state index contributed by atoms with van der Waals surface area (Å²) in [5.41, 5.74) is 0.418. The third kappa shape index (κ3) is 3.92. The molecule has 1 aromatic carbocycles. The van der Waals surface area contributed by atoms with E-state index in [1.165, 1.54) is 24.3 Å². The summed E-state index contributed by atoms with van der Waals surface area (Å²) in [6, 6.07) is 5.53. The Balaban J connectivity index is 1.79. The van der Waals surface area contributed by atoms with Gasteiger partial charge in [-0.2, -0.15) is 0 Å². The average Bonchev–Trinajstić information content (AvgIpc) is 2.90. The lowest BCUT2D eigenvalue weighted by molar-refractivity contribution is -0.384. The third-order valence-electron chi connectivity index (χ3n) is 2.75. The van der Waals surface area contributed by atoms with E-state index in [0.29, 0.717) is 12.3 Å². The maximum absolute atomic E-state index is 11.5. The SMILES string of the molecule is O=C(Nc1ccc([N+](=O)[O-])cc1)OC[C@H]1CCCO1. The van der Waals surface area contributed by atoms with Crippen molar-refractivity contribution in [2.45, 2.75) is 18.9 Å². The van der Waals surface area contributed by atoms with E-state index in [4.69, 9.17) is 9.47 Å². The number of ether oxygens (including phenoxy) is 2. The van der Waals surface area contributed by atoms with Gasteiger partial charge in [-0.15, -0.1) is 0 Å². The van der Waals surface area contributed by atoms with Crippen LogP contribution in [0.1, 0.15) is 12.8 Å². The number of anilines is 1. The quantitative estimate of drug-likeness (QED) is 0.667. The molecule has 102 valence electrons. The maximum atomic E-state index is 11.5. The zero-order chi connectivity index (χ0) is 13.7. The molecule has 19 heavy (non-hydrogen) atoms. The van der Waals surface area contributed by atoms with Gasteiger partial charge in [0.25, 0.3) is 5.69 Å². The van der Waals surface area contributed by atoms with Gasteiger partial charge in [0.15, 0.2) is 0 Å². The molecule has 1 aliphatic rings. The highest BCUT2D eigenvalue weighted by atomic mass is 16.6. The second-order valence-corrected chi connectivity index (χ2v) is 4.16. The molecule has 7 heteroatoms.